The fraction of sp³-hybridized carbons (Fsp3) is 0.750. The molecule has 0 saturated carbocycles. The zero-order valence-electron chi connectivity index (χ0n) is 7.31. The van der Waals surface area contributed by atoms with Gasteiger partial charge in [0.05, 0.1) is 12.2 Å². The van der Waals surface area contributed by atoms with Crippen molar-refractivity contribution >= 4 is 5.91 Å². The van der Waals surface area contributed by atoms with E-state index in [2.05, 4.69) is 0 Å². The molecule has 0 bridgehead atoms. The molecule has 2 atom stereocenters. The van der Waals surface area contributed by atoms with Gasteiger partial charge in [-0.05, 0) is 6.42 Å². The van der Waals surface area contributed by atoms with E-state index < -0.39 is 6.10 Å². The molecule has 1 aliphatic heterocycles. The van der Waals surface area contributed by atoms with Gasteiger partial charge in [0.15, 0.2) is 0 Å². The molecule has 1 saturated heterocycles. The zero-order chi connectivity index (χ0) is 9.84. The third kappa shape index (κ3) is 2.41. The third-order valence-electron chi connectivity index (χ3n) is 2.22. The molecule has 0 aromatic rings. The number of nitrogens with zero attached hydrogens (tertiary/aromatic N) is 2. The number of rotatable bonds is 1. The summed E-state index contributed by atoms with van der Waals surface area (Å²) in [5.41, 5.74) is 5.56. The Labute approximate surface area is 76.7 Å². The Morgan fingerprint density at radius 3 is 3.00 bits per heavy atom. The van der Waals surface area contributed by atoms with Crippen LogP contribution in [-0.4, -0.2) is 41.1 Å². The fourth-order valence-electron chi connectivity index (χ4n) is 1.36. The minimum Gasteiger partial charge on any atom is -0.390 e. The van der Waals surface area contributed by atoms with Crippen molar-refractivity contribution in [2.75, 3.05) is 13.1 Å². The first-order chi connectivity index (χ1) is 6.15. The van der Waals surface area contributed by atoms with Crippen LogP contribution in [-0.2, 0) is 4.79 Å². The largest absolute Gasteiger partial charge is 0.390 e. The van der Waals surface area contributed by atoms with E-state index in [-0.39, 0.29) is 24.9 Å². The minimum atomic E-state index is -0.656. The molecule has 0 aromatic carbocycles. The Bertz CT molecular complexity index is 236. The molecule has 0 radical (unpaired) electrons. The van der Waals surface area contributed by atoms with Crippen LogP contribution in [0.4, 0.5) is 0 Å². The quantitative estimate of drug-likeness (QED) is 0.535. The van der Waals surface area contributed by atoms with E-state index in [1.165, 1.54) is 4.90 Å². The summed E-state index contributed by atoms with van der Waals surface area (Å²) in [6, 6.07) is 1.54. The van der Waals surface area contributed by atoms with Crippen LogP contribution in [0.1, 0.15) is 12.8 Å². The Kier molecular flexibility index (Phi) is 3.23. The predicted molar refractivity (Wildman–Crippen MR) is 45.4 cm³/mol. The molecule has 1 rings (SSSR count). The maximum Gasteiger partial charge on any atom is 0.236 e. The first-order valence-corrected chi connectivity index (χ1v) is 4.23. The molecular formula is C8H13N3O2. The summed E-state index contributed by atoms with van der Waals surface area (Å²) < 4.78 is 0. The number of hydrogen-bond acceptors (Lipinski definition) is 4. The number of carbonyl (C=O) groups is 1. The third-order valence-corrected chi connectivity index (χ3v) is 2.22. The molecule has 0 aliphatic carbocycles. The fourth-order valence-corrected chi connectivity index (χ4v) is 1.36. The molecule has 0 spiro atoms. The first kappa shape index (κ1) is 9.96. The second-order valence-electron chi connectivity index (χ2n) is 3.19. The Balaban J connectivity index is 2.46. The maximum absolute atomic E-state index is 11.2. The molecule has 5 nitrogen and oxygen atoms in total. The summed E-state index contributed by atoms with van der Waals surface area (Å²) >= 11 is 0. The van der Waals surface area contributed by atoms with E-state index in [0.29, 0.717) is 13.0 Å². The highest BCUT2D eigenvalue weighted by atomic mass is 16.3. The van der Waals surface area contributed by atoms with Crippen molar-refractivity contribution in [1.29, 1.82) is 5.26 Å². The average molecular weight is 183 g/mol. The summed E-state index contributed by atoms with van der Waals surface area (Å²) in [6.07, 6.45) is -0.184. The van der Waals surface area contributed by atoms with E-state index in [1.54, 1.807) is 6.07 Å². The van der Waals surface area contributed by atoms with Gasteiger partial charge in [0, 0.05) is 19.1 Å². The number of hydrogen-bond donors (Lipinski definition) is 2. The second-order valence-corrected chi connectivity index (χ2v) is 3.19. The number of β-amino-alcohol motifs (C(OH)–C–C–N with tert-alkyl or cyclic N) is 1. The molecule has 1 aliphatic rings. The lowest BCUT2D eigenvalue weighted by molar-refractivity contribution is -0.133. The number of nitrogens with two attached hydrogens (primary N) is 1. The van der Waals surface area contributed by atoms with Crippen LogP contribution < -0.4 is 5.73 Å². The van der Waals surface area contributed by atoms with Crippen LogP contribution in [0.25, 0.3) is 0 Å². The molecular weight excluding hydrogens is 170 g/mol. The number of amides is 1. The van der Waals surface area contributed by atoms with Gasteiger partial charge in [0.1, 0.15) is 6.42 Å². The maximum atomic E-state index is 11.2. The van der Waals surface area contributed by atoms with Crippen molar-refractivity contribution in [3.8, 4) is 6.07 Å². The van der Waals surface area contributed by atoms with Gasteiger partial charge in [-0.2, -0.15) is 5.26 Å². The van der Waals surface area contributed by atoms with Crippen molar-refractivity contribution in [3.63, 3.8) is 0 Å². The normalized spacial score (nSPS) is 28.2. The Morgan fingerprint density at radius 2 is 2.46 bits per heavy atom. The van der Waals surface area contributed by atoms with Gasteiger partial charge in [-0.1, -0.05) is 0 Å². The van der Waals surface area contributed by atoms with Gasteiger partial charge < -0.3 is 15.7 Å². The summed E-state index contributed by atoms with van der Waals surface area (Å²) in [6.45, 7) is 0.792. The lowest BCUT2D eigenvalue weighted by atomic mass is 10.0. The van der Waals surface area contributed by atoms with Crippen LogP contribution in [0.2, 0.25) is 0 Å². The van der Waals surface area contributed by atoms with Crippen molar-refractivity contribution in [1.82, 2.24) is 4.90 Å². The summed E-state index contributed by atoms with van der Waals surface area (Å²) in [5.74, 6) is -0.228. The first-order valence-electron chi connectivity index (χ1n) is 4.23. The van der Waals surface area contributed by atoms with Gasteiger partial charge in [-0.15, -0.1) is 0 Å². The Hall–Kier alpha value is -1.12. The molecule has 1 fully saturated rings. The van der Waals surface area contributed by atoms with Crippen molar-refractivity contribution < 1.29 is 9.90 Å². The molecule has 5 heteroatoms. The van der Waals surface area contributed by atoms with E-state index >= 15 is 0 Å². The van der Waals surface area contributed by atoms with E-state index in [1.807, 2.05) is 0 Å². The lowest BCUT2D eigenvalue weighted by Gasteiger charge is -2.33. The highest BCUT2D eigenvalue weighted by molar-refractivity contribution is 5.78. The minimum absolute atomic E-state index is 0.123. The number of nitriles is 1. The monoisotopic (exact) mass is 183 g/mol. The number of carbonyl (C=O) groups excluding carboxylic acids is 1. The highest BCUT2D eigenvalue weighted by Crippen LogP contribution is 2.09. The molecule has 3 N–H and O–H groups in total. The van der Waals surface area contributed by atoms with Crippen LogP contribution >= 0.6 is 0 Å². The van der Waals surface area contributed by atoms with Gasteiger partial charge in [0.25, 0.3) is 0 Å². The standard InChI is InChI=1S/C8H13N3O2/c9-3-1-8(13)11-4-2-6(10)7(12)5-11/h6-7,12H,1-2,4-5,10H2/t6-,7-/m0/s1. The second kappa shape index (κ2) is 4.21. The molecule has 0 unspecified atom stereocenters. The van der Waals surface area contributed by atoms with Gasteiger partial charge in [-0.3, -0.25) is 4.79 Å². The summed E-state index contributed by atoms with van der Waals surface area (Å²) in [4.78, 5) is 12.7. The molecule has 13 heavy (non-hydrogen) atoms. The van der Waals surface area contributed by atoms with Gasteiger partial charge in [0.2, 0.25) is 5.91 Å². The number of piperidine rings is 1. The van der Waals surface area contributed by atoms with Crippen molar-refractivity contribution in [2.24, 2.45) is 5.73 Å². The molecule has 1 amide bonds. The summed E-state index contributed by atoms with van der Waals surface area (Å²) in [7, 11) is 0. The number of aliphatic hydroxyl groups is 1. The smallest absolute Gasteiger partial charge is 0.236 e. The summed E-state index contributed by atoms with van der Waals surface area (Å²) in [5, 5.41) is 17.7. The van der Waals surface area contributed by atoms with Crippen molar-refractivity contribution in [3.05, 3.63) is 0 Å². The SMILES string of the molecule is N#CCC(=O)N1CC[C@H](N)[C@@H](O)C1. The van der Waals surface area contributed by atoms with Gasteiger partial charge >= 0.3 is 0 Å². The lowest BCUT2D eigenvalue weighted by Crippen LogP contribution is -2.52. The van der Waals surface area contributed by atoms with Crippen molar-refractivity contribution in [2.45, 2.75) is 25.0 Å². The molecule has 72 valence electrons. The topological polar surface area (TPSA) is 90.4 Å². The van der Waals surface area contributed by atoms with E-state index in [9.17, 15) is 9.90 Å². The van der Waals surface area contributed by atoms with Crippen LogP contribution in [0, 0.1) is 11.3 Å². The van der Waals surface area contributed by atoms with Crippen LogP contribution in [0.15, 0.2) is 0 Å². The number of likely N-dealkylation sites (tertiary alicyclic amines) is 1. The molecule has 0 aromatic heterocycles. The van der Waals surface area contributed by atoms with E-state index in [4.69, 9.17) is 11.0 Å². The Morgan fingerprint density at radius 1 is 1.77 bits per heavy atom. The van der Waals surface area contributed by atoms with Gasteiger partial charge in [-0.25, -0.2) is 0 Å². The van der Waals surface area contributed by atoms with E-state index in [0.717, 1.165) is 0 Å². The average Bonchev–Trinajstić information content (AvgIpc) is 2.10. The highest BCUT2D eigenvalue weighted by Gasteiger charge is 2.27. The predicted octanol–water partition coefficient (Wildman–Crippen LogP) is -1.18. The zero-order valence-corrected chi connectivity index (χ0v) is 7.31. The van der Waals surface area contributed by atoms with Crippen LogP contribution in [0.5, 0.6) is 0 Å². The van der Waals surface area contributed by atoms with Crippen LogP contribution in [0.3, 0.4) is 0 Å². The molecule has 1 heterocycles. The number of aliphatic hydroxyl groups excluding tert-OH is 1.